The highest BCUT2D eigenvalue weighted by atomic mass is 16.4. The summed E-state index contributed by atoms with van der Waals surface area (Å²) in [5, 5.41) is 12.4. The summed E-state index contributed by atoms with van der Waals surface area (Å²) in [6.07, 6.45) is 4.00. The number of rotatable bonds is 4. The van der Waals surface area contributed by atoms with Crippen LogP contribution >= 0.6 is 0 Å². The standard InChI is InChI=1S/C14H25NO3/c1-5-13(3,4)11(16)15-14(12(17)18)9-7-6-8-10(14)2/h10H,5-9H2,1-4H3,(H,15,16)(H,17,18). The molecule has 1 amide bonds. The molecule has 0 spiro atoms. The molecule has 0 aromatic carbocycles. The third-order valence-corrected chi connectivity index (χ3v) is 4.52. The number of carbonyl (C=O) groups is 2. The van der Waals surface area contributed by atoms with Gasteiger partial charge in [0.15, 0.2) is 0 Å². The fraction of sp³-hybridized carbons (Fsp3) is 0.857. The Kier molecular flexibility index (Phi) is 4.41. The van der Waals surface area contributed by atoms with Gasteiger partial charge in [-0.25, -0.2) is 4.79 Å². The van der Waals surface area contributed by atoms with Crippen molar-refractivity contribution in [1.29, 1.82) is 0 Å². The summed E-state index contributed by atoms with van der Waals surface area (Å²) < 4.78 is 0. The van der Waals surface area contributed by atoms with E-state index < -0.39 is 16.9 Å². The van der Waals surface area contributed by atoms with Crippen LogP contribution in [0.15, 0.2) is 0 Å². The normalized spacial score (nSPS) is 28.8. The van der Waals surface area contributed by atoms with Gasteiger partial charge in [0.1, 0.15) is 5.54 Å². The number of nitrogens with one attached hydrogen (secondary N) is 1. The zero-order valence-electron chi connectivity index (χ0n) is 11.9. The van der Waals surface area contributed by atoms with Crippen molar-refractivity contribution in [2.75, 3.05) is 0 Å². The fourth-order valence-electron chi connectivity index (χ4n) is 2.44. The van der Waals surface area contributed by atoms with Crippen molar-refractivity contribution in [3.63, 3.8) is 0 Å². The average molecular weight is 255 g/mol. The summed E-state index contributed by atoms with van der Waals surface area (Å²) in [7, 11) is 0. The molecule has 1 fully saturated rings. The van der Waals surface area contributed by atoms with E-state index in [1.54, 1.807) is 0 Å². The monoisotopic (exact) mass is 255 g/mol. The van der Waals surface area contributed by atoms with Gasteiger partial charge in [0.05, 0.1) is 0 Å². The highest BCUT2D eigenvalue weighted by Crippen LogP contribution is 2.35. The van der Waals surface area contributed by atoms with Crippen molar-refractivity contribution >= 4 is 11.9 Å². The van der Waals surface area contributed by atoms with E-state index in [9.17, 15) is 14.7 Å². The Morgan fingerprint density at radius 3 is 2.44 bits per heavy atom. The maximum absolute atomic E-state index is 12.2. The molecular weight excluding hydrogens is 230 g/mol. The molecule has 0 aromatic heterocycles. The molecule has 2 unspecified atom stereocenters. The molecule has 2 atom stereocenters. The Hall–Kier alpha value is -1.06. The van der Waals surface area contributed by atoms with E-state index >= 15 is 0 Å². The van der Waals surface area contributed by atoms with Gasteiger partial charge < -0.3 is 10.4 Å². The van der Waals surface area contributed by atoms with E-state index in [4.69, 9.17) is 0 Å². The molecule has 1 saturated carbocycles. The summed E-state index contributed by atoms with van der Waals surface area (Å²) in [4.78, 5) is 23.9. The molecule has 0 radical (unpaired) electrons. The number of amides is 1. The number of carboxylic acid groups (broad SMARTS) is 1. The quantitative estimate of drug-likeness (QED) is 0.811. The molecule has 2 N–H and O–H groups in total. The molecule has 0 saturated heterocycles. The van der Waals surface area contributed by atoms with Crippen LogP contribution in [0.5, 0.6) is 0 Å². The molecule has 0 heterocycles. The zero-order valence-corrected chi connectivity index (χ0v) is 11.9. The molecular formula is C14H25NO3. The molecule has 0 aromatic rings. The predicted octanol–water partition coefficient (Wildman–Crippen LogP) is 2.57. The van der Waals surface area contributed by atoms with Crippen molar-refractivity contribution in [3.8, 4) is 0 Å². The van der Waals surface area contributed by atoms with Gasteiger partial charge in [0.25, 0.3) is 0 Å². The molecule has 104 valence electrons. The molecule has 1 aliphatic carbocycles. The maximum atomic E-state index is 12.2. The van der Waals surface area contributed by atoms with E-state index in [0.717, 1.165) is 19.3 Å². The van der Waals surface area contributed by atoms with Crippen molar-refractivity contribution < 1.29 is 14.7 Å². The highest BCUT2D eigenvalue weighted by Gasteiger charge is 2.47. The predicted molar refractivity (Wildman–Crippen MR) is 70.2 cm³/mol. The van der Waals surface area contributed by atoms with Gasteiger partial charge in [-0.15, -0.1) is 0 Å². The number of carboxylic acids is 1. The summed E-state index contributed by atoms with van der Waals surface area (Å²) >= 11 is 0. The van der Waals surface area contributed by atoms with Gasteiger partial charge in [-0.3, -0.25) is 4.79 Å². The minimum absolute atomic E-state index is 0.0136. The lowest BCUT2D eigenvalue weighted by Crippen LogP contribution is -2.62. The van der Waals surface area contributed by atoms with E-state index in [0.29, 0.717) is 12.8 Å². The van der Waals surface area contributed by atoms with Gasteiger partial charge in [-0.1, -0.05) is 40.5 Å². The van der Waals surface area contributed by atoms with Crippen molar-refractivity contribution in [2.45, 2.75) is 65.3 Å². The fourth-order valence-corrected chi connectivity index (χ4v) is 2.44. The van der Waals surface area contributed by atoms with Crippen LogP contribution in [0.1, 0.15) is 59.8 Å². The second-order valence-corrected chi connectivity index (χ2v) is 6.11. The van der Waals surface area contributed by atoms with E-state index in [1.807, 2.05) is 27.7 Å². The van der Waals surface area contributed by atoms with Gasteiger partial charge in [-0.2, -0.15) is 0 Å². The highest BCUT2D eigenvalue weighted by molar-refractivity contribution is 5.89. The largest absolute Gasteiger partial charge is 0.479 e. The summed E-state index contributed by atoms with van der Waals surface area (Å²) in [5.41, 5.74) is -1.58. The van der Waals surface area contributed by atoms with Crippen LogP contribution in [0.4, 0.5) is 0 Å². The zero-order chi connectivity index (χ0) is 14.0. The minimum Gasteiger partial charge on any atom is -0.479 e. The molecule has 4 nitrogen and oxygen atoms in total. The van der Waals surface area contributed by atoms with Gasteiger partial charge >= 0.3 is 5.97 Å². The Morgan fingerprint density at radius 1 is 1.39 bits per heavy atom. The lowest BCUT2D eigenvalue weighted by atomic mass is 9.72. The second-order valence-electron chi connectivity index (χ2n) is 6.11. The number of hydrogen-bond donors (Lipinski definition) is 2. The minimum atomic E-state index is -1.07. The first-order chi connectivity index (χ1) is 8.26. The van der Waals surface area contributed by atoms with Gasteiger partial charge in [0.2, 0.25) is 5.91 Å². The average Bonchev–Trinajstić information content (AvgIpc) is 2.31. The van der Waals surface area contributed by atoms with Crippen LogP contribution in [0, 0.1) is 11.3 Å². The van der Waals surface area contributed by atoms with Gasteiger partial charge in [0, 0.05) is 5.41 Å². The first-order valence-electron chi connectivity index (χ1n) is 6.82. The van der Waals surface area contributed by atoms with Crippen LogP contribution in [0.2, 0.25) is 0 Å². The third kappa shape index (κ3) is 2.68. The van der Waals surface area contributed by atoms with Crippen LogP contribution in [0.3, 0.4) is 0 Å². The summed E-state index contributed by atoms with van der Waals surface area (Å²) in [6, 6.07) is 0. The van der Waals surface area contributed by atoms with Gasteiger partial charge in [-0.05, 0) is 25.2 Å². The lowest BCUT2D eigenvalue weighted by Gasteiger charge is -2.41. The third-order valence-electron chi connectivity index (χ3n) is 4.52. The SMILES string of the molecule is CCC(C)(C)C(=O)NC1(C(=O)O)CCCCC1C. The smallest absolute Gasteiger partial charge is 0.329 e. The Morgan fingerprint density at radius 2 is 2.00 bits per heavy atom. The van der Waals surface area contributed by atoms with Crippen LogP contribution in [-0.2, 0) is 9.59 Å². The molecule has 18 heavy (non-hydrogen) atoms. The maximum Gasteiger partial charge on any atom is 0.329 e. The van der Waals surface area contributed by atoms with E-state index in [-0.39, 0.29) is 11.8 Å². The second kappa shape index (κ2) is 5.29. The Labute approximate surface area is 109 Å². The summed E-state index contributed by atoms with van der Waals surface area (Å²) in [5.74, 6) is -1.06. The first-order valence-corrected chi connectivity index (χ1v) is 6.82. The number of hydrogen-bond acceptors (Lipinski definition) is 2. The van der Waals surface area contributed by atoms with Crippen LogP contribution in [0.25, 0.3) is 0 Å². The first kappa shape index (κ1) is 15.0. The molecule has 1 aliphatic rings. The molecule has 0 aliphatic heterocycles. The Bertz CT molecular complexity index is 338. The van der Waals surface area contributed by atoms with Crippen molar-refractivity contribution in [1.82, 2.24) is 5.32 Å². The van der Waals surface area contributed by atoms with Crippen molar-refractivity contribution in [3.05, 3.63) is 0 Å². The van der Waals surface area contributed by atoms with Crippen LogP contribution < -0.4 is 5.32 Å². The summed E-state index contributed by atoms with van der Waals surface area (Å²) in [6.45, 7) is 7.57. The van der Waals surface area contributed by atoms with E-state index in [1.165, 1.54) is 0 Å². The van der Waals surface area contributed by atoms with E-state index in [2.05, 4.69) is 5.32 Å². The molecule has 4 heteroatoms. The van der Waals surface area contributed by atoms with Crippen LogP contribution in [-0.4, -0.2) is 22.5 Å². The molecule has 1 rings (SSSR count). The number of carbonyl (C=O) groups excluding carboxylic acids is 1. The Balaban J connectivity index is 2.94. The number of aliphatic carboxylic acids is 1. The van der Waals surface area contributed by atoms with Crippen molar-refractivity contribution in [2.24, 2.45) is 11.3 Å². The lowest BCUT2D eigenvalue weighted by molar-refractivity contribution is -0.153. The topological polar surface area (TPSA) is 66.4 Å². The molecule has 0 bridgehead atoms.